The molecule has 1 N–H and O–H groups in total. The maximum absolute atomic E-state index is 12.4. The lowest BCUT2D eigenvalue weighted by atomic mass is 9.83. The molecule has 0 saturated heterocycles. The van der Waals surface area contributed by atoms with Crippen LogP contribution in [-0.4, -0.2) is 47.9 Å². The fraction of sp³-hybridized carbons (Fsp3) is 0.500. The highest BCUT2D eigenvalue weighted by atomic mass is 16.5. The van der Waals surface area contributed by atoms with Gasteiger partial charge in [0.25, 0.3) is 0 Å². The number of carbonyl (C=O) groups is 3. The van der Waals surface area contributed by atoms with Gasteiger partial charge in [-0.3, -0.25) is 14.4 Å². The van der Waals surface area contributed by atoms with Crippen LogP contribution in [0, 0.1) is 0 Å². The quantitative estimate of drug-likeness (QED) is 0.587. The molecule has 2 rings (SSSR count). The fourth-order valence-electron chi connectivity index (χ4n) is 2.52. The molecule has 0 aliphatic carbocycles. The number of carbonyl (C=O) groups excluding carboxylic acids is 3. The summed E-state index contributed by atoms with van der Waals surface area (Å²) in [6.07, 6.45) is 7.87. The molecule has 2 aliphatic heterocycles. The summed E-state index contributed by atoms with van der Waals surface area (Å²) in [5, 5.41) is 2.57. The molecule has 6 nitrogen and oxygen atoms in total. The second kappa shape index (κ2) is 5.90. The Morgan fingerprint density at radius 1 is 1.35 bits per heavy atom. The highest BCUT2D eigenvalue weighted by molar-refractivity contribution is 5.98. The summed E-state index contributed by atoms with van der Waals surface area (Å²) in [7, 11) is 0. The zero-order valence-corrected chi connectivity index (χ0v) is 11.4. The van der Waals surface area contributed by atoms with E-state index in [9.17, 15) is 14.4 Å². The van der Waals surface area contributed by atoms with Crippen molar-refractivity contribution in [2.24, 2.45) is 0 Å². The standard InChI is InChI=1S/C14H18N2O4/c1-2-20-12(18)10-15-13(19)14-7-3-4-9-16(14)11(17)6-5-8-14/h3-6H,2,7-10H2,1H3,(H,15,19). The zero-order valence-electron chi connectivity index (χ0n) is 11.4. The van der Waals surface area contributed by atoms with Gasteiger partial charge in [-0.05, 0) is 25.8 Å². The second-order valence-corrected chi connectivity index (χ2v) is 4.75. The molecule has 0 aromatic heterocycles. The van der Waals surface area contributed by atoms with E-state index < -0.39 is 11.5 Å². The van der Waals surface area contributed by atoms with E-state index in [0.29, 0.717) is 19.4 Å². The van der Waals surface area contributed by atoms with E-state index in [-0.39, 0.29) is 25.0 Å². The number of ether oxygens (including phenoxy) is 1. The summed E-state index contributed by atoms with van der Waals surface area (Å²) in [6.45, 7) is 2.21. The highest BCUT2D eigenvalue weighted by Crippen LogP contribution is 2.32. The van der Waals surface area contributed by atoms with Crippen LogP contribution in [0.1, 0.15) is 19.8 Å². The Bertz CT molecular complexity index is 484. The van der Waals surface area contributed by atoms with Crippen LogP contribution < -0.4 is 5.32 Å². The van der Waals surface area contributed by atoms with Crippen LogP contribution in [0.2, 0.25) is 0 Å². The number of hydrogen-bond donors (Lipinski definition) is 1. The van der Waals surface area contributed by atoms with Crippen LogP contribution in [-0.2, 0) is 19.1 Å². The summed E-state index contributed by atoms with van der Waals surface area (Å²) < 4.78 is 4.77. The number of fused-ring (bicyclic) bond motifs is 1. The Labute approximate surface area is 117 Å². The molecule has 0 aromatic rings. The molecule has 2 aliphatic rings. The van der Waals surface area contributed by atoms with Gasteiger partial charge < -0.3 is 15.0 Å². The van der Waals surface area contributed by atoms with E-state index in [4.69, 9.17) is 4.74 Å². The first kappa shape index (κ1) is 14.3. The predicted octanol–water partition coefficient (Wildman–Crippen LogP) is 0.153. The first-order chi connectivity index (χ1) is 9.60. The van der Waals surface area contributed by atoms with Crippen molar-refractivity contribution in [1.82, 2.24) is 10.2 Å². The van der Waals surface area contributed by atoms with Crippen LogP contribution in [0.3, 0.4) is 0 Å². The Hall–Kier alpha value is -2.11. The van der Waals surface area contributed by atoms with E-state index in [1.54, 1.807) is 17.9 Å². The van der Waals surface area contributed by atoms with E-state index in [1.165, 1.54) is 6.08 Å². The zero-order chi connectivity index (χ0) is 14.6. The van der Waals surface area contributed by atoms with Gasteiger partial charge in [-0.15, -0.1) is 0 Å². The minimum absolute atomic E-state index is 0.174. The maximum Gasteiger partial charge on any atom is 0.325 e. The van der Waals surface area contributed by atoms with Crippen molar-refractivity contribution in [3.05, 3.63) is 24.3 Å². The smallest absolute Gasteiger partial charge is 0.325 e. The predicted molar refractivity (Wildman–Crippen MR) is 71.6 cm³/mol. The van der Waals surface area contributed by atoms with Gasteiger partial charge in [0.1, 0.15) is 12.1 Å². The van der Waals surface area contributed by atoms with Crippen LogP contribution in [0.5, 0.6) is 0 Å². The lowest BCUT2D eigenvalue weighted by molar-refractivity contribution is -0.148. The minimum Gasteiger partial charge on any atom is -0.465 e. The van der Waals surface area contributed by atoms with E-state index in [0.717, 1.165) is 0 Å². The third-order valence-electron chi connectivity index (χ3n) is 3.53. The molecule has 6 heteroatoms. The Kier molecular flexibility index (Phi) is 4.22. The average molecular weight is 278 g/mol. The van der Waals surface area contributed by atoms with Gasteiger partial charge in [-0.2, -0.15) is 0 Å². The number of nitrogens with zero attached hydrogens (tertiary/aromatic N) is 1. The highest BCUT2D eigenvalue weighted by Gasteiger charge is 2.46. The summed E-state index contributed by atoms with van der Waals surface area (Å²) in [5.41, 5.74) is -0.910. The first-order valence-corrected chi connectivity index (χ1v) is 6.67. The van der Waals surface area contributed by atoms with Crippen molar-refractivity contribution < 1.29 is 19.1 Å². The van der Waals surface area contributed by atoms with Gasteiger partial charge in [0.05, 0.1) is 6.61 Å². The molecule has 1 unspecified atom stereocenters. The van der Waals surface area contributed by atoms with Crippen molar-refractivity contribution in [2.45, 2.75) is 25.3 Å². The molecule has 2 heterocycles. The molecule has 108 valence electrons. The molecule has 0 aromatic carbocycles. The number of amides is 2. The number of nitrogens with one attached hydrogen (secondary N) is 1. The van der Waals surface area contributed by atoms with Gasteiger partial charge in [-0.1, -0.05) is 18.2 Å². The van der Waals surface area contributed by atoms with Crippen molar-refractivity contribution in [3.8, 4) is 0 Å². The largest absolute Gasteiger partial charge is 0.465 e. The van der Waals surface area contributed by atoms with Crippen LogP contribution >= 0.6 is 0 Å². The van der Waals surface area contributed by atoms with Crippen LogP contribution in [0.15, 0.2) is 24.3 Å². The van der Waals surface area contributed by atoms with Gasteiger partial charge in [0.15, 0.2) is 0 Å². The van der Waals surface area contributed by atoms with Crippen molar-refractivity contribution in [2.75, 3.05) is 19.7 Å². The van der Waals surface area contributed by atoms with E-state index >= 15 is 0 Å². The number of hydrogen-bond acceptors (Lipinski definition) is 4. The SMILES string of the molecule is CCOC(=O)CNC(=O)C12CC=CCN1C(=O)C=CC2. The van der Waals surface area contributed by atoms with Crippen LogP contribution in [0.25, 0.3) is 0 Å². The van der Waals surface area contributed by atoms with E-state index in [1.807, 2.05) is 12.2 Å². The number of esters is 1. The monoisotopic (exact) mass is 278 g/mol. The first-order valence-electron chi connectivity index (χ1n) is 6.67. The molecule has 20 heavy (non-hydrogen) atoms. The molecule has 2 amide bonds. The molecule has 1 atom stereocenters. The summed E-state index contributed by atoms with van der Waals surface area (Å²) in [4.78, 5) is 37.2. The van der Waals surface area contributed by atoms with E-state index in [2.05, 4.69) is 5.32 Å². The van der Waals surface area contributed by atoms with Gasteiger partial charge in [0.2, 0.25) is 11.8 Å². The third kappa shape index (κ3) is 2.59. The molecule has 0 radical (unpaired) electrons. The van der Waals surface area contributed by atoms with Crippen molar-refractivity contribution >= 4 is 17.8 Å². The number of rotatable bonds is 4. The Morgan fingerprint density at radius 3 is 2.85 bits per heavy atom. The molecular formula is C14H18N2O4. The average Bonchev–Trinajstić information content (AvgIpc) is 2.45. The van der Waals surface area contributed by atoms with Crippen LogP contribution in [0.4, 0.5) is 0 Å². The topological polar surface area (TPSA) is 75.7 Å². The van der Waals surface area contributed by atoms with Crippen molar-refractivity contribution in [1.29, 1.82) is 0 Å². The minimum atomic E-state index is -0.910. The summed E-state index contributed by atoms with van der Waals surface area (Å²) in [5.74, 6) is -0.965. The lowest BCUT2D eigenvalue weighted by Gasteiger charge is -2.44. The third-order valence-corrected chi connectivity index (χ3v) is 3.53. The molecule has 0 fully saturated rings. The molecular weight excluding hydrogens is 260 g/mol. The van der Waals surface area contributed by atoms with Gasteiger partial charge in [-0.25, -0.2) is 0 Å². The lowest BCUT2D eigenvalue weighted by Crippen LogP contribution is -2.62. The molecule has 0 saturated carbocycles. The molecule has 0 spiro atoms. The van der Waals surface area contributed by atoms with Crippen molar-refractivity contribution in [3.63, 3.8) is 0 Å². The Balaban J connectivity index is 2.09. The fourth-order valence-corrected chi connectivity index (χ4v) is 2.52. The van der Waals surface area contributed by atoms with Gasteiger partial charge >= 0.3 is 5.97 Å². The summed E-state index contributed by atoms with van der Waals surface area (Å²) >= 11 is 0. The normalized spacial score (nSPS) is 24.2. The summed E-state index contributed by atoms with van der Waals surface area (Å²) in [6, 6.07) is 0. The Morgan fingerprint density at radius 2 is 2.10 bits per heavy atom. The van der Waals surface area contributed by atoms with Gasteiger partial charge in [0, 0.05) is 6.54 Å². The maximum atomic E-state index is 12.4. The second-order valence-electron chi connectivity index (χ2n) is 4.75. The molecule has 0 bridgehead atoms.